The van der Waals surface area contributed by atoms with Gasteiger partial charge in [-0.25, -0.2) is 0 Å². The maximum atomic E-state index is 3.34. The number of nitrogens with one attached hydrogen (secondary N) is 1. The second kappa shape index (κ2) is 7.17. The highest BCUT2D eigenvalue weighted by Crippen LogP contribution is 2.27. The molecule has 1 unspecified atom stereocenters. The van der Waals surface area contributed by atoms with Crippen molar-refractivity contribution >= 4 is 11.8 Å². The zero-order valence-corrected chi connectivity index (χ0v) is 12.2. The van der Waals surface area contributed by atoms with Gasteiger partial charge in [-0.3, -0.25) is 4.90 Å². The number of thioether (sulfide) groups is 1. The summed E-state index contributed by atoms with van der Waals surface area (Å²) in [6.07, 6.45) is 4.89. The Morgan fingerprint density at radius 1 is 1.28 bits per heavy atom. The van der Waals surface area contributed by atoms with Crippen molar-refractivity contribution in [1.29, 1.82) is 0 Å². The fourth-order valence-electron chi connectivity index (χ4n) is 2.75. The van der Waals surface area contributed by atoms with Crippen molar-refractivity contribution in [3.63, 3.8) is 0 Å². The van der Waals surface area contributed by atoms with E-state index in [2.05, 4.69) is 46.8 Å². The zero-order chi connectivity index (χ0) is 12.8. The monoisotopic (exact) mass is 264 g/mol. The van der Waals surface area contributed by atoms with Crippen molar-refractivity contribution in [2.45, 2.75) is 24.1 Å². The summed E-state index contributed by atoms with van der Waals surface area (Å²) in [7, 11) is 2.05. The lowest BCUT2D eigenvalue weighted by Gasteiger charge is -2.37. The summed E-state index contributed by atoms with van der Waals surface area (Å²) < 4.78 is 0. The van der Waals surface area contributed by atoms with Crippen molar-refractivity contribution in [1.82, 2.24) is 10.2 Å². The number of hydrogen-bond donors (Lipinski definition) is 1. The quantitative estimate of drug-likeness (QED) is 0.880. The molecule has 100 valence electrons. The average molecular weight is 264 g/mol. The summed E-state index contributed by atoms with van der Waals surface area (Å²) >= 11 is 2.03. The number of piperidine rings is 1. The largest absolute Gasteiger partial charge is 0.318 e. The van der Waals surface area contributed by atoms with E-state index in [4.69, 9.17) is 0 Å². The maximum Gasteiger partial charge on any atom is 0.0472 e. The van der Waals surface area contributed by atoms with E-state index < -0.39 is 0 Å². The second-order valence-corrected chi connectivity index (χ2v) is 6.09. The third-order valence-electron chi connectivity index (χ3n) is 3.83. The molecule has 1 heterocycles. The van der Waals surface area contributed by atoms with Gasteiger partial charge in [0, 0.05) is 17.8 Å². The number of likely N-dealkylation sites (tertiary alicyclic amines) is 1. The molecule has 1 aromatic rings. The molecule has 2 rings (SSSR count). The zero-order valence-electron chi connectivity index (χ0n) is 11.4. The molecule has 0 spiro atoms. The van der Waals surface area contributed by atoms with Crippen LogP contribution in [0.2, 0.25) is 0 Å². The van der Waals surface area contributed by atoms with Gasteiger partial charge < -0.3 is 5.32 Å². The fourth-order valence-corrected chi connectivity index (χ4v) is 3.43. The minimum atomic E-state index is 0.527. The van der Waals surface area contributed by atoms with Gasteiger partial charge in [0.1, 0.15) is 0 Å². The molecule has 1 aliphatic heterocycles. The summed E-state index contributed by atoms with van der Waals surface area (Å²) in [5, 5.41) is 4.21. The second-order valence-electron chi connectivity index (χ2n) is 4.96. The van der Waals surface area contributed by atoms with E-state index in [9.17, 15) is 0 Å². The molecule has 0 radical (unpaired) electrons. The SMILES string of the molecule is CNCC(c1ccccc1)N1CCC(SC)CC1. The molecule has 0 aliphatic carbocycles. The smallest absolute Gasteiger partial charge is 0.0472 e. The summed E-state index contributed by atoms with van der Waals surface area (Å²) in [5.74, 6) is 0. The minimum absolute atomic E-state index is 0.527. The third kappa shape index (κ3) is 3.50. The van der Waals surface area contributed by atoms with Gasteiger partial charge in [-0.05, 0) is 44.8 Å². The van der Waals surface area contributed by atoms with Crippen LogP contribution in [0.1, 0.15) is 24.4 Å². The maximum absolute atomic E-state index is 3.34. The number of hydrogen-bond acceptors (Lipinski definition) is 3. The van der Waals surface area contributed by atoms with Crippen molar-refractivity contribution in [2.75, 3.05) is 32.9 Å². The molecule has 1 fully saturated rings. The first-order valence-electron chi connectivity index (χ1n) is 6.81. The van der Waals surface area contributed by atoms with Crippen LogP contribution in [-0.4, -0.2) is 43.1 Å². The number of benzene rings is 1. The van der Waals surface area contributed by atoms with Crippen LogP contribution in [0.25, 0.3) is 0 Å². The van der Waals surface area contributed by atoms with Gasteiger partial charge in [0.05, 0.1) is 0 Å². The lowest BCUT2D eigenvalue weighted by Crippen LogP contribution is -2.41. The molecule has 0 aromatic heterocycles. The Balaban J connectivity index is 2.02. The summed E-state index contributed by atoms with van der Waals surface area (Å²) in [6.45, 7) is 3.49. The molecule has 1 aliphatic rings. The molecular formula is C15H24N2S. The first kappa shape index (κ1) is 13.9. The number of likely N-dealkylation sites (N-methyl/N-ethyl adjacent to an activating group) is 1. The van der Waals surface area contributed by atoms with Crippen LogP contribution in [0.15, 0.2) is 30.3 Å². The summed E-state index contributed by atoms with van der Waals surface area (Å²) in [6, 6.07) is 11.4. The Morgan fingerprint density at radius 3 is 2.50 bits per heavy atom. The van der Waals surface area contributed by atoms with E-state index in [0.717, 1.165) is 11.8 Å². The molecule has 1 aromatic carbocycles. The predicted molar refractivity (Wildman–Crippen MR) is 81.2 cm³/mol. The van der Waals surface area contributed by atoms with Crippen molar-refractivity contribution in [2.24, 2.45) is 0 Å². The Bertz CT molecular complexity index is 334. The topological polar surface area (TPSA) is 15.3 Å². The normalized spacial score (nSPS) is 19.9. The van der Waals surface area contributed by atoms with E-state index in [0.29, 0.717) is 6.04 Å². The highest BCUT2D eigenvalue weighted by molar-refractivity contribution is 7.99. The van der Waals surface area contributed by atoms with Crippen LogP contribution in [0.3, 0.4) is 0 Å². The van der Waals surface area contributed by atoms with E-state index in [1.807, 2.05) is 18.8 Å². The Labute approximate surface area is 115 Å². The fraction of sp³-hybridized carbons (Fsp3) is 0.600. The minimum Gasteiger partial charge on any atom is -0.318 e. The van der Waals surface area contributed by atoms with Crippen molar-refractivity contribution < 1.29 is 0 Å². The molecule has 3 heteroatoms. The van der Waals surface area contributed by atoms with E-state index in [-0.39, 0.29) is 0 Å². The standard InChI is InChI=1S/C15H24N2S/c1-16-12-15(13-6-4-3-5-7-13)17-10-8-14(18-2)9-11-17/h3-7,14-16H,8-12H2,1-2H3. The van der Waals surface area contributed by atoms with Crippen LogP contribution < -0.4 is 5.32 Å². The molecule has 18 heavy (non-hydrogen) atoms. The van der Waals surface area contributed by atoms with Gasteiger partial charge in [-0.15, -0.1) is 0 Å². The third-order valence-corrected chi connectivity index (χ3v) is 4.97. The van der Waals surface area contributed by atoms with Crippen LogP contribution in [0.4, 0.5) is 0 Å². The van der Waals surface area contributed by atoms with Gasteiger partial charge in [0.25, 0.3) is 0 Å². The van der Waals surface area contributed by atoms with Crippen molar-refractivity contribution in [3.05, 3.63) is 35.9 Å². The van der Waals surface area contributed by atoms with Crippen LogP contribution in [-0.2, 0) is 0 Å². The van der Waals surface area contributed by atoms with Crippen LogP contribution in [0, 0.1) is 0 Å². The Kier molecular flexibility index (Phi) is 5.54. The summed E-state index contributed by atoms with van der Waals surface area (Å²) in [4.78, 5) is 2.64. The molecule has 1 saturated heterocycles. The summed E-state index contributed by atoms with van der Waals surface area (Å²) in [5.41, 5.74) is 1.44. The van der Waals surface area contributed by atoms with Crippen molar-refractivity contribution in [3.8, 4) is 0 Å². The van der Waals surface area contributed by atoms with E-state index in [1.165, 1.54) is 31.5 Å². The highest BCUT2D eigenvalue weighted by Gasteiger charge is 2.25. The molecule has 1 N–H and O–H groups in total. The highest BCUT2D eigenvalue weighted by atomic mass is 32.2. The van der Waals surface area contributed by atoms with Gasteiger partial charge in [-0.1, -0.05) is 30.3 Å². The number of rotatable bonds is 5. The van der Waals surface area contributed by atoms with Gasteiger partial charge >= 0.3 is 0 Å². The molecule has 1 atom stereocenters. The number of nitrogens with zero attached hydrogens (tertiary/aromatic N) is 1. The lowest BCUT2D eigenvalue weighted by atomic mass is 10.0. The Morgan fingerprint density at radius 2 is 1.94 bits per heavy atom. The average Bonchev–Trinajstić information content (AvgIpc) is 2.46. The molecule has 0 amide bonds. The van der Waals surface area contributed by atoms with E-state index >= 15 is 0 Å². The molecule has 0 saturated carbocycles. The lowest BCUT2D eigenvalue weighted by molar-refractivity contribution is 0.165. The molecule has 0 bridgehead atoms. The predicted octanol–water partition coefficient (Wildman–Crippen LogP) is 2.77. The van der Waals surface area contributed by atoms with Crippen LogP contribution >= 0.6 is 11.8 Å². The first-order valence-corrected chi connectivity index (χ1v) is 8.10. The van der Waals surface area contributed by atoms with Gasteiger partial charge in [0.15, 0.2) is 0 Å². The van der Waals surface area contributed by atoms with E-state index in [1.54, 1.807) is 0 Å². The van der Waals surface area contributed by atoms with Gasteiger partial charge in [-0.2, -0.15) is 11.8 Å². The molecular weight excluding hydrogens is 240 g/mol. The van der Waals surface area contributed by atoms with Crippen LogP contribution in [0.5, 0.6) is 0 Å². The molecule has 2 nitrogen and oxygen atoms in total. The Hall–Kier alpha value is -0.510. The van der Waals surface area contributed by atoms with Gasteiger partial charge in [0.2, 0.25) is 0 Å². The first-order chi connectivity index (χ1) is 8.85.